The Morgan fingerprint density at radius 1 is 0.971 bits per heavy atom. The Balaban J connectivity index is 1.99. The average Bonchev–Trinajstić information content (AvgIpc) is 3.14. The highest BCUT2D eigenvalue weighted by Gasteiger charge is 2.44. The van der Waals surface area contributed by atoms with Crippen LogP contribution in [0.3, 0.4) is 0 Å². The normalized spacial score (nSPS) is 17.3. The Labute approximate surface area is 207 Å². The fourth-order valence-corrected chi connectivity index (χ4v) is 4.41. The number of hydrogen-bond acceptors (Lipinski definition) is 5. The molecule has 7 heteroatoms. The van der Waals surface area contributed by atoms with Gasteiger partial charge >= 0.3 is 0 Å². The fourth-order valence-electron chi connectivity index (χ4n) is 4.41. The highest BCUT2D eigenvalue weighted by atomic mass is 16.5. The molecule has 1 atom stereocenters. The van der Waals surface area contributed by atoms with Crippen LogP contribution in [0.5, 0.6) is 11.5 Å². The predicted molar refractivity (Wildman–Crippen MR) is 133 cm³/mol. The number of Topliss-reactive ketones (excluding diaryl/α,β-unsaturated/α-hetero) is 1. The third-order valence-corrected chi connectivity index (χ3v) is 6.48. The maximum atomic E-state index is 13.5. The molecule has 2 aromatic carbocycles. The summed E-state index contributed by atoms with van der Waals surface area (Å²) in [5, 5.41) is 13.5. The quantitative estimate of drug-likeness (QED) is 0.286. The molecule has 7 nitrogen and oxygen atoms in total. The number of quaternary nitrogens is 1. The van der Waals surface area contributed by atoms with Crippen LogP contribution < -0.4 is 19.5 Å². The molecule has 1 unspecified atom stereocenters. The molecular formula is C28H36N2O5. The summed E-state index contributed by atoms with van der Waals surface area (Å²) in [6.45, 7) is 10.2. The molecule has 1 N–H and O–H groups in total. The molecule has 3 rings (SSSR count). The topological polar surface area (TPSA) is 83.3 Å². The van der Waals surface area contributed by atoms with Crippen molar-refractivity contribution in [1.29, 1.82) is 0 Å². The molecular weight excluding hydrogens is 444 g/mol. The van der Waals surface area contributed by atoms with Crippen LogP contribution in [-0.4, -0.2) is 56.5 Å². The zero-order chi connectivity index (χ0) is 25.4. The molecule has 0 aliphatic carbocycles. The molecule has 1 aliphatic rings. The molecule has 35 heavy (non-hydrogen) atoms. The van der Waals surface area contributed by atoms with Crippen molar-refractivity contribution in [2.45, 2.75) is 39.7 Å². The van der Waals surface area contributed by atoms with Gasteiger partial charge in [-0.15, -0.1) is 0 Å². The van der Waals surface area contributed by atoms with E-state index in [1.54, 1.807) is 36.3 Å². The monoisotopic (exact) mass is 480 g/mol. The van der Waals surface area contributed by atoms with Crippen molar-refractivity contribution in [1.82, 2.24) is 4.90 Å². The molecule has 1 saturated heterocycles. The Kier molecular flexibility index (Phi) is 9.32. The van der Waals surface area contributed by atoms with Crippen molar-refractivity contribution in [2.24, 2.45) is 0 Å². The van der Waals surface area contributed by atoms with Gasteiger partial charge in [0.2, 0.25) is 5.78 Å². The molecule has 188 valence electrons. The first-order valence-corrected chi connectivity index (χ1v) is 12.4. The van der Waals surface area contributed by atoms with Gasteiger partial charge in [-0.25, -0.2) is 0 Å². The first-order chi connectivity index (χ1) is 16.9. The van der Waals surface area contributed by atoms with Gasteiger partial charge < -0.3 is 24.4 Å². The minimum Gasteiger partial charge on any atom is -0.872 e. The van der Waals surface area contributed by atoms with E-state index < -0.39 is 23.5 Å². The van der Waals surface area contributed by atoms with Crippen LogP contribution in [0, 0.1) is 0 Å². The molecule has 0 radical (unpaired) electrons. The molecule has 0 aromatic heterocycles. The van der Waals surface area contributed by atoms with E-state index >= 15 is 0 Å². The van der Waals surface area contributed by atoms with Crippen molar-refractivity contribution in [3.05, 3.63) is 65.2 Å². The Morgan fingerprint density at radius 3 is 2.17 bits per heavy atom. The van der Waals surface area contributed by atoms with E-state index in [2.05, 4.69) is 13.8 Å². The van der Waals surface area contributed by atoms with Gasteiger partial charge in [0.1, 0.15) is 11.5 Å². The molecule has 1 aliphatic heterocycles. The molecule has 0 spiro atoms. The summed E-state index contributed by atoms with van der Waals surface area (Å²) >= 11 is 0. The summed E-state index contributed by atoms with van der Waals surface area (Å²) in [7, 11) is 1.55. The molecule has 0 bridgehead atoms. The second-order valence-electron chi connectivity index (χ2n) is 8.68. The minimum atomic E-state index is -0.725. The summed E-state index contributed by atoms with van der Waals surface area (Å²) in [5.74, 6) is -0.449. The van der Waals surface area contributed by atoms with E-state index in [1.165, 1.54) is 4.90 Å². The number of hydrogen-bond donors (Lipinski definition) is 1. The zero-order valence-electron chi connectivity index (χ0n) is 21.1. The lowest BCUT2D eigenvalue weighted by Crippen LogP contribution is -3.11. The summed E-state index contributed by atoms with van der Waals surface area (Å²) in [5.41, 5.74) is 1.07. The number of carbonyl (C=O) groups excluding carboxylic acids is 2. The Hall–Kier alpha value is -3.32. The van der Waals surface area contributed by atoms with Crippen LogP contribution in [0.2, 0.25) is 0 Å². The number of amides is 1. The molecule has 2 aromatic rings. The van der Waals surface area contributed by atoms with Crippen LogP contribution in [-0.2, 0) is 9.59 Å². The van der Waals surface area contributed by atoms with Crippen LogP contribution in [0.1, 0.15) is 50.8 Å². The Bertz CT molecular complexity index is 1030. The lowest BCUT2D eigenvalue weighted by Gasteiger charge is -2.28. The molecule has 1 fully saturated rings. The number of benzene rings is 2. The summed E-state index contributed by atoms with van der Waals surface area (Å²) in [4.78, 5) is 29.2. The highest BCUT2D eigenvalue weighted by molar-refractivity contribution is 6.46. The van der Waals surface area contributed by atoms with Gasteiger partial charge in [0.05, 0.1) is 39.4 Å². The number of nitrogens with one attached hydrogen (secondary N) is 1. The second-order valence-corrected chi connectivity index (χ2v) is 8.68. The van der Waals surface area contributed by atoms with Crippen LogP contribution >= 0.6 is 0 Å². The summed E-state index contributed by atoms with van der Waals surface area (Å²) in [6, 6.07) is 13.2. The van der Waals surface area contributed by atoms with Gasteiger partial charge in [-0.3, -0.25) is 9.59 Å². The van der Waals surface area contributed by atoms with Crippen LogP contribution in [0.25, 0.3) is 5.76 Å². The number of likely N-dealkylation sites (tertiary alicyclic amines) is 1. The van der Waals surface area contributed by atoms with Gasteiger partial charge in [-0.2, -0.15) is 0 Å². The van der Waals surface area contributed by atoms with Gasteiger partial charge in [0.15, 0.2) is 0 Å². The van der Waals surface area contributed by atoms with Gasteiger partial charge in [-0.1, -0.05) is 36.9 Å². The minimum absolute atomic E-state index is 0.00224. The van der Waals surface area contributed by atoms with Gasteiger partial charge in [0.25, 0.3) is 5.91 Å². The summed E-state index contributed by atoms with van der Waals surface area (Å²) in [6.07, 6.45) is 1.64. The SMILES string of the molecule is CCCOc1ccc(C2C(=C([O-])c3ccc(OC)cc3)C(=O)C(=O)N2CCC[NH+](CC)CC)cc1. The first kappa shape index (κ1) is 26.3. The van der Waals surface area contributed by atoms with Crippen molar-refractivity contribution < 1.29 is 29.1 Å². The number of ether oxygens (including phenoxy) is 2. The smallest absolute Gasteiger partial charge is 0.295 e. The maximum Gasteiger partial charge on any atom is 0.295 e. The van der Waals surface area contributed by atoms with Crippen molar-refractivity contribution >= 4 is 17.4 Å². The van der Waals surface area contributed by atoms with E-state index in [4.69, 9.17) is 9.47 Å². The third kappa shape index (κ3) is 6.03. The number of nitrogens with zero attached hydrogens (tertiary/aromatic N) is 1. The first-order valence-electron chi connectivity index (χ1n) is 12.4. The van der Waals surface area contributed by atoms with E-state index in [1.807, 2.05) is 31.2 Å². The van der Waals surface area contributed by atoms with Crippen LogP contribution in [0.15, 0.2) is 54.1 Å². The van der Waals surface area contributed by atoms with E-state index in [0.29, 0.717) is 30.2 Å². The second kappa shape index (κ2) is 12.4. The van der Waals surface area contributed by atoms with Crippen molar-refractivity contribution in [3.8, 4) is 11.5 Å². The number of carbonyl (C=O) groups is 2. The lowest BCUT2D eigenvalue weighted by atomic mass is 9.95. The van der Waals surface area contributed by atoms with E-state index in [9.17, 15) is 14.7 Å². The zero-order valence-corrected chi connectivity index (χ0v) is 21.1. The van der Waals surface area contributed by atoms with Crippen molar-refractivity contribution in [2.75, 3.05) is 39.9 Å². The lowest BCUT2D eigenvalue weighted by molar-refractivity contribution is -0.896. The predicted octanol–water partition coefficient (Wildman–Crippen LogP) is 2.02. The standard InChI is InChI=1S/C28H36N2O5/c1-5-19-35-23-15-9-20(10-16-23)25-24(26(31)21-11-13-22(34-4)14-12-21)27(32)28(33)30(25)18-8-17-29(6-2)7-3/h9-16,25,31H,5-8,17-19H2,1-4H3. The maximum absolute atomic E-state index is 13.5. The molecule has 1 amide bonds. The third-order valence-electron chi connectivity index (χ3n) is 6.48. The van der Waals surface area contributed by atoms with Crippen LogP contribution in [0.4, 0.5) is 0 Å². The average molecular weight is 481 g/mol. The molecule has 1 heterocycles. The van der Waals surface area contributed by atoms with Gasteiger partial charge in [0, 0.05) is 18.5 Å². The van der Waals surface area contributed by atoms with Crippen molar-refractivity contribution in [3.63, 3.8) is 0 Å². The Morgan fingerprint density at radius 2 is 1.60 bits per heavy atom. The summed E-state index contributed by atoms with van der Waals surface area (Å²) < 4.78 is 10.9. The molecule has 0 saturated carbocycles. The highest BCUT2D eigenvalue weighted by Crippen LogP contribution is 2.39. The fraction of sp³-hybridized carbons (Fsp3) is 0.429. The largest absolute Gasteiger partial charge is 0.872 e. The van der Waals surface area contributed by atoms with E-state index in [0.717, 1.165) is 38.0 Å². The number of rotatable bonds is 12. The number of methoxy groups -OCH3 is 1. The number of ketones is 1. The van der Waals surface area contributed by atoms with E-state index in [-0.39, 0.29) is 5.57 Å². The van der Waals surface area contributed by atoms with Gasteiger partial charge in [-0.05, 0) is 55.7 Å².